The lowest BCUT2D eigenvalue weighted by atomic mass is 9.91. The van der Waals surface area contributed by atoms with Gasteiger partial charge in [-0.25, -0.2) is 4.39 Å². The van der Waals surface area contributed by atoms with Crippen LogP contribution in [0.2, 0.25) is 0 Å². The van der Waals surface area contributed by atoms with E-state index in [-0.39, 0.29) is 18.0 Å². The number of alkyl halides is 3. The molecule has 0 aliphatic heterocycles. The molecule has 2 atom stereocenters. The van der Waals surface area contributed by atoms with Crippen molar-refractivity contribution in [3.05, 3.63) is 35.1 Å². The topological polar surface area (TPSA) is 46.2 Å². The maximum atomic E-state index is 13.1. The van der Waals surface area contributed by atoms with Gasteiger partial charge in [0.1, 0.15) is 5.82 Å². The molecule has 0 fully saturated rings. The van der Waals surface area contributed by atoms with E-state index in [1.165, 1.54) is 0 Å². The third kappa shape index (κ3) is 3.91. The van der Waals surface area contributed by atoms with E-state index in [1.807, 2.05) is 6.92 Å². The monoisotopic (exact) mass is 279 g/mol. The van der Waals surface area contributed by atoms with Crippen LogP contribution in [0.4, 0.5) is 17.6 Å². The average molecular weight is 279 g/mol. The minimum atomic E-state index is -4.78. The predicted octanol–water partition coefficient (Wildman–Crippen LogP) is 3.25. The molecular weight excluding hydrogens is 262 g/mol. The maximum Gasteiger partial charge on any atom is 0.419 e. The highest BCUT2D eigenvalue weighted by molar-refractivity contribution is 5.29. The molecule has 1 aromatic carbocycles. The second-order valence-electron chi connectivity index (χ2n) is 4.47. The fraction of sp³-hybridized carbons (Fsp3) is 0.538. The van der Waals surface area contributed by atoms with Crippen LogP contribution in [0.3, 0.4) is 0 Å². The standard InChI is InChI=1S/C13H17F4NO/c1-2-3-9(7-18)12(19)8-4-5-11(14)10(6-8)13(15,16)17/h4-6,9,12,19H,2-3,7,18H2,1H3. The molecule has 2 nitrogen and oxygen atoms in total. The molecule has 0 saturated heterocycles. The number of rotatable bonds is 5. The van der Waals surface area contributed by atoms with Crippen molar-refractivity contribution in [2.24, 2.45) is 11.7 Å². The number of hydrogen-bond acceptors (Lipinski definition) is 2. The molecule has 0 radical (unpaired) electrons. The van der Waals surface area contributed by atoms with Gasteiger partial charge in [0.15, 0.2) is 0 Å². The van der Waals surface area contributed by atoms with Crippen molar-refractivity contribution < 1.29 is 22.7 Å². The third-order valence-electron chi connectivity index (χ3n) is 3.05. The molecule has 19 heavy (non-hydrogen) atoms. The second-order valence-corrected chi connectivity index (χ2v) is 4.47. The highest BCUT2D eigenvalue weighted by Gasteiger charge is 2.35. The number of aliphatic hydroxyl groups is 1. The molecule has 0 saturated carbocycles. The van der Waals surface area contributed by atoms with Crippen molar-refractivity contribution in [3.8, 4) is 0 Å². The molecular formula is C13H17F4NO. The van der Waals surface area contributed by atoms with Gasteiger partial charge < -0.3 is 10.8 Å². The summed E-state index contributed by atoms with van der Waals surface area (Å²) in [6.45, 7) is 2.05. The molecule has 0 aromatic heterocycles. The van der Waals surface area contributed by atoms with Gasteiger partial charge in [0.05, 0.1) is 11.7 Å². The first-order valence-corrected chi connectivity index (χ1v) is 6.06. The van der Waals surface area contributed by atoms with Crippen LogP contribution in [0.1, 0.15) is 37.0 Å². The molecule has 0 amide bonds. The van der Waals surface area contributed by atoms with Crippen LogP contribution in [-0.4, -0.2) is 11.7 Å². The molecule has 0 aliphatic carbocycles. The van der Waals surface area contributed by atoms with Crippen LogP contribution in [0.15, 0.2) is 18.2 Å². The molecule has 6 heteroatoms. The van der Waals surface area contributed by atoms with Crippen molar-refractivity contribution in [1.29, 1.82) is 0 Å². The van der Waals surface area contributed by atoms with E-state index in [4.69, 9.17) is 5.73 Å². The number of nitrogens with two attached hydrogens (primary N) is 1. The summed E-state index contributed by atoms with van der Waals surface area (Å²) in [5.74, 6) is -1.68. The van der Waals surface area contributed by atoms with Gasteiger partial charge in [-0.2, -0.15) is 13.2 Å². The first-order chi connectivity index (χ1) is 8.81. The maximum absolute atomic E-state index is 13.1. The Kier molecular flexibility index (Phi) is 5.31. The Morgan fingerprint density at radius 3 is 2.42 bits per heavy atom. The minimum Gasteiger partial charge on any atom is -0.388 e. The number of benzene rings is 1. The normalized spacial score (nSPS) is 15.3. The third-order valence-corrected chi connectivity index (χ3v) is 3.05. The lowest BCUT2D eigenvalue weighted by Gasteiger charge is -2.22. The summed E-state index contributed by atoms with van der Waals surface area (Å²) in [6.07, 6.45) is -4.54. The largest absolute Gasteiger partial charge is 0.419 e. The van der Waals surface area contributed by atoms with Crippen LogP contribution in [0.5, 0.6) is 0 Å². The van der Waals surface area contributed by atoms with Crippen LogP contribution < -0.4 is 5.73 Å². The molecule has 0 spiro atoms. The zero-order valence-corrected chi connectivity index (χ0v) is 10.5. The summed E-state index contributed by atoms with van der Waals surface area (Å²) < 4.78 is 50.9. The Morgan fingerprint density at radius 2 is 1.95 bits per heavy atom. The van der Waals surface area contributed by atoms with Crippen molar-refractivity contribution in [3.63, 3.8) is 0 Å². The molecule has 3 N–H and O–H groups in total. The van der Waals surface area contributed by atoms with Gasteiger partial charge in [0, 0.05) is 5.92 Å². The Hall–Kier alpha value is -1.14. The second kappa shape index (κ2) is 6.34. The van der Waals surface area contributed by atoms with Gasteiger partial charge in [-0.05, 0) is 30.7 Å². The van der Waals surface area contributed by atoms with Gasteiger partial charge in [-0.15, -0.1) is 0 Å². The Bertz CT molecular complexity index is 420. The lowest BCUT2D eigenvalue weighted by Crippen LogP contribution is -2.22. The Balaban J connectivity index is 3.08. The van der Waals surface area contributed by atoms with E-state index in [2.05, 4.69) is 0 Å². The number of aliphatic hydroxyl groups excluding tert-OH is 1. The molecule has 1 rings (SSSR count). The van der Waals surface area contributed by atoms with Gasteiger partial charge in [0.2, 0.25) is 0 Å². The first-order valence-electron chi connectivity index (χ1n) is 6.06. The summed E-state index contributed by atoms with van der Waals surface area (Å²) in [7, 11) is 0. The Morgan fingerprint density at radius 1 is 1.32 bits per heavy atom. The van der Waals surface area contributed by atoms with Crippen LogP contribution >= 0.6 is 0 Å². The van der Waals surface area contributed by atoms with Gasteiger partial charge in [-0.1, -0.05) is 19.4 Å². The minimum absolute atomic E-state index is 0.0395. The smallest absolute Gasteiger partial charge is 0.388 e. The van der Waals surface area contributed by atoms with Gasteiger partial charge >= 0.3 is 6.18 Å². The summed E-state index contributed by atoms with van der Waals surface area (Å²) in [5.41, 5.74) is 4.17. The van der Waals surface area contributed by atoms with E-state index < -0.39 is 23.7 Å². The first kappa shape index (κ1) is 15.9. The van der Waals surface area contributed by atoms with E-state index in [0.29, 0.717) is 12.5 Å². The molecule has 2 unspecified atom stereocenters. The number of halogens is 4. The SMILES string of the molecule is CCCC(CN)C(O)c1ccc(F)c(C(F)(F)F)c1. The lowest BCUT2D eigenvalue weighted by molar-refractivity contribution is -0.140. The average Bonchev–Trinajstić information content (AvgIpc) is 2.34. The van der Waals surface area contributed by atoms with Crippen LogP contribution in [0.25, 0.3) is 0 Å². The quantitative estimate of drug-likeness (QED) is 0.813. The summed E-state index contributed by atoms with van der Waals surface area (Å²) in [5, 5.41) is 10.0. The molecule has 0 aliphatic rings. The highest BCUT2D eigenvalue weighted by Crippen LogP contribution is 2.34. The van der Waals surface area contributed by atoms with Crippen molar-refractivity contribution in [1.82, 2.24) is 0 Å². The fourth-order valence-corrected chi connectivity index (χ4v) is 1.99. The van der Waals surface area contributed by atoms with E-state index in [1.54, 1.807) is 0 Å². The Labute approximate surface area is 109 Å². The summed E-state index contributed by atoms with van der Waals surface area (Å²) in [6, 6.07) is 2.53. The fourth-order valence-electron chi connectivity index (χ4n) is 1.99. The van der Waals surface area contributed by atoms with Crippen molar-refractivity contribution in [2.45, 2.75) is 32.0 Å². The highest BCUT2D eigenvalue weighted by atomic mass is 19.4. The molecule has 1 aromatic rings. The van der Waals surface area contributed by atoms with Crippen LogP contribution in [0, 0.1) is 11.7 Å². The molecule has 0 bridgehead atoms. The van der Waals surface area contributed by atoms with Gasteiger partial charge in [0.25, 0.3) is 0 Å². The summed E-state index contributed by atoms with van der Waals surface area (Å²) >= 11 is 0. The summed E-state index contributed by atoms with van der Waals surface area (Å²) in [4.78, 5) is 0. The van der Waals surface area contributed by atoms with E-state index >= 15 is 0 Å². The predicted molar refractivity (Wildman–Crippen MR) is 63.8 cm³/mol. The number of hydrogen-bond donors (Lipinski definition) is 2. The van der Waals surface area contributed by atoms with Crippen molar-refractivity contribution in [2.75, 3.05) is 6.54 Å². The van der Waals surface area contributed by atoms with Crippen LogP contribution in [-0.2, 0) is 6.18 Å². The molecule has 0 heterocycles. The van der Waals surface area contributed by atoms with Crippen molar-refractivity contribution >= 4 is 0 Å². The molecule has 108 valence electrons. The zero-order valence-electron chi connectivity index (χ0n) is 10.5. The zero-order chi connectivity index (χ0) is 14.6. The van der Waals surface area contributed by atoms with E-state index in [9.17, 15) is 22.7 Å². The van der Waals surface area contributed by atoms with Gasteiger partial charge in [-0.3, -0.25) is 0 Å². The van der Waals surface area contributed by atoms with E-state index in [0.717, 1.165) is 18.6 Å².